The maximum Gasteiger partial charge on any atom is 0.325 e. The van der Waals surface area contributed by atoms with Crippen molar-refractivity contribution in [1.29, 1.82) is 0 Å². The van der Waals surface area contributed by atoms with Crippen LogP contribution < -0.4 is 10.6 Å². The monoisotopic (exact) mass is 292 g/mol. The number of urea groups is 1. The maximum absolute atomic E-state index is 12.7. The molecule has 0 saturated carbocycles. The van der Waals surface area contributed by atoms with Crippen LogP contribution in [-0.4, -0.2) is 26.9 Å². The first kappa shape index (κ1) is 14.5. The van der Waals surface area contributed by atoms with Crippen molar-refractivity contribution in [2.45, 2.75) is 13.1 Å². The number of nitrogens with zero attached hydrogens (tertiary/aromatic N) is 2. The van der Waals surface area contributed by atoms with Crippen LogP contribution in [-0.2, 0) is 17.9 Å². The summed E-state index contributed by atoms with van der Waals surface area (Å²) in [6.45, 7) is -0.0335. The Morgan fingerprint density at radius 1 is 1.29 bits per heavy atom. The van der Waals surface area contributed by atoms with Gasteiger partial charge in [0.2, 0.25) is 0 Å². The fourth-order valence-corrected chi connectivity index (χ4v) is 1.61. The number of nitrogens with one attached hydrogen (secondary N) is 2. The molecule has 110 valence electrons. The van der Waals surface area contributed by atoms with Crippen molar-refractivity contribution in [2.24, 2.45) is 0 Å². The van der Waals surface area contributed by atoms with E-state index < -0.39 is 12.0 Å². The smallest absolute Gasteiger partial charge is 0.325 e. The number of aromatic nitrogens is 2. The lowest BCUT2D eigenvalue weighted by Gasteiger charge is -2.05. The van der Waals surface area contributed by atoms with Crippen molar-refractivity contribution in [1.82, 2.24) is 15.1 Å². The highest BCUT2D eigenvalue weighted by atomic mass is 19.1. The molecule has 1 aromatic heterocycles. The first-order chi connectivity index (χ1) is 10.0. The van der Waals surface area contributed by atoms with E-state index >= 15 is 0 Å². The van der Waals surface area contributed by atoms with Gasteiger partial charge in [-0.25, -0.2) is 9.18 Å². The highest BCUT2D eigenvalue weighted by Gasteiger charge is 2.06. The number of amides is 2. The van der Waals surface area contributed by atoms with Crippen LogP contribution in [0.1, 0.15) is 5.56 Å². The van der Waals surface area contributed by atoms with E-state index in [2.05, 4.69) is 15.7 Å². The summed E-state index contributed by atoms with van der Waals surface area (Å²) in [6.07, 6.45) is 2.76. The summed E-state index contributed by atoms with van der Waals surface area (Å²) in [7, 11) is 0. The molecular formula is C13H13FN4O3. The SMILES string of the molecule is O=C(O)Cn1cc(NC(=O)NCc2ccc(F)cc2)cn1. The lowest BCUT2D eigenvalue weighted by Crippen LogP contribution is -2.28. The van der Waals surface area contributed by atoms with Crippen LogP contribution in [0.4, 0.5) is 14.9 Å². The highest BCUT2D eigenvalue weighted by molar-refractivity contribution is 5.88. The summed E-state index contributed by atoms with van der Waals surface area (Å²) >= 11 is 0. The Hall–Kier alpha value is -2.90. The number of carboxylic acid groups (broad SMARTS) is 1. The minimum absolute atomic E-state index is 0.245. The van der Waals surface area contributed by atoms with Gasteiger partial charge in [0.25, 0.3) is 0 Å². The molecule has 0 fully saturated rings. The molecule has 7 nitrogen and oxygen atoms in total. The molecule has 2 aromatic rings. The lowest BCUT2D eigenvalue weighted by molar-refractivity contribution is -0.137. The molecule has 0 unspecified atom stereocenters. The Morgan fingerprint density at radius 2 is 2.00 bits per heavy atom. The van der Waals surface area contributed by atoms with Crippen LogP contribution in [0.15, 0.2) is 36.7 Å². The minimum Gasteiger partial charge on any atom is -0.480 e. The molecule has 0 spiro atoms. The summed E-state index contributed by atoms with van der Waals surface area (Å²) in [5.74, 6) is -1.36. The second kappa shape index (κ2) is 6.51. The van der Waals surface area contributed by atoms with Gasteiger partial charge in [0.15, 0.2) is 0 Å². The Kier molecular flexibility index (Phi) is 4.50. The third kappa shape index (κ3) is 4.60. The van der Waals surface area contributed by atoms with Crippen LogP contribution >= 0.6 is 0 Å². The number of aliphatic carboxylic acids is 1. The van der Waals surface area contributed by atoms with Crippen LogP contribution in [0, 0.1) is 5.82 Å². The number of halogens is 1. The number of hydrogen-bond donors (Lipinski definition) is 3. The number of rotatable bonds is 5. The summed E-state index contributed by atoms with van der Waals surface area (Å²) in [5.41, 5.74) is 1.14. The minimum atomic E-state index is -1.02. The zero-order valence-corrected chi connectivity index (χ0v) is 10.9. The van der Waals surface area contributed by atoms with Crippen LogP contribution in [0.2, 0.25) is 0 Å². The molecule has 2 rings (SSSR count). The maximum atomic E-state index is 12.7. The predicted molar refractivity (Wildman–Crippen MR) is 72.1 cm³/mol. The quantitative estimate of drug-likeness (QED) is 0.776. The Bertz CT molecular complexity index is 639. The number of hydrogen-bond acceptors (Lipinski definition) is 3. The average Bonchev–Trinajstić information content (AvgIpc) is 2.84. The van der Waals surface area contributed by atoms with Gasteiger partial charge < -0.3 is 15.7 Å². The predicted octanol–water partition coefficient (Wildman–Crippen LogP) is 1.43. The van der Waals surface area contributed by atoms with E-state index in [0.29, 0.717) is 5.69 Å². The third-order valence-corrected chi connectivity index (χ3v) is 2.55. The van der Waals surface area contributed by atoms with Crippen molar-refractivity contribution < 1.29 is 19.1 Å². The second-order valence-corrected chi connectivity index (χ2v) is 4.25. The van der Waals surface area contributed by atoms with E-state index in [-0.39, 0.29) is 18.9 Å². The number of carboxylic acids is 1. The average molecular weight is 292 g/mol. The first-order valence-electron chi connectivity index (χ1n) is 6.06. The van der Waals surface area contributed by atoms with Crippen molar-refractivity contribution in [3.63, 3.8) is 0 Å². The normalized spacial score (nSPS) is 10.1. The van der Waals surface area contributed by atoms with Crippen molar-refractivity contribution in [3.8, 4) is 0 Å². The molecule has 0 bridgehead atoms. The fraction of sp³-hybridized carbons (Fsp3) is 0.154. The van der Waals surface area contributed by atoms with E-state index in [0.717, 1.165) is 5.56 Å². The Morgan fingerprint density at radius 3 is 2.67 bits per heavy atom. The van der Waals surface area contributed by atoms with E-state index in [4.69, 9.17) is 5.11 Å². The molecule has 3 N–H and O–H groups in total. The van der Waals surface area contributed by atoms with Crippen molar-refractivity contribution in [2.75, 3.05) is 5.32 Å². The van der Waals surface area contributed by atoms with Gasteiger partial charge in [0.05, 0.1) is 11.9 Å². The van der Waals surface area contributed by atoms with Gasteiger partial charge in [-0.1, -0.05) is 12.1 Å². The van der Waals surface area contributed by atoms with Crippen molar-refractivity contribution in [3.05, 3.63) is 48.0 Å². The largest absolute Gasteiger partial charge is 0.480 e. The van der Waals surface area contributed by atoms with Crippen LogP contribution in [0.3, 0.4) is 0 Å². The highest BCUT2D eigenvalue weighted by Crippen LogP contribution is 2.05. The van der Waals surface area contributed by atoms with Gasteiger partial charge in [-0.05, 0) is 17.7 Å². The van der Waals surface area contributed by atoms with Gasteiger partial charge in [-0.3, -0.25) is 9.48 Å². The number of carbonyl (C=O) groups is 2. The molecule has 8 heteroatoms. The van der Waals surface area contributed by atoms with E-state index in [1.54, 1.807) is 12.1 Å². The van der Waals surface area contributed by atoms with Gasteiger partial charge in [0.1, 0.15) is 12.4 Å². The fourth-order valence-electron chi connectivity index (χ4n) is 1.61. The van der Waals surface area contributed by atoms with Gasteiger partial charge in [-0.2, -0.15) is 5.10 Å². The summed E-state index contributed by atoms with van der Waals surface area (Å²) in [4.78, 5) is 22.1. The van der Waals surface area contributed by atoms with E-state index in [1.165, 1.54) is 29.2 Å². The van der Waals surface area contributed by atoms with Crippen molar-refractivity contribution >= 4 is 17.7 Å². The standard InChI is InChI=1S/C13H13FN4O3/c14-10-3-1-9(2-4-10)5-15-13(21)17-11-6-16-18(7-11)8-12(19)20/h1-4,6-7H,5,8H2,(H,19,20)(H2,15,17,21). The molecular weight excluding hydrogens is 279 g/mol. The van der Waals surface area contributed by atoms with E-state index in [9.17, 15) is 14.0 Å². The second-order valence-electron chi connectivity index (χ2n) is 4.25. The molecule has 21 heavy (non-hydrogen) atoms. The first-order valence-corrected chi connectivity index (χ1v) is 6.06. The molecule has 0 aliphatic carbocycles. The molecule has 0 aliphatic heterocycles. The molecule has 0 atom stereocenters. The summed E-state index contributed by atoms with van der Waals surface area (Å²) in [6, 6.07) is 5.30. The van der Waals surface area contributed by atoms with E-state index in [1.807, 2.05) is 0 Å². The zero-order chi connectivity index (χ0) is 15.2. The molecule has 0 radical (unpaired) electrons. The molecule has 2 amide bonds. The third-order valence-electron chi connectivity index (χ3n) is 2.55. The Balaban J connectivity index is 1.82. The Labute approximate surface area is 119 Å². The number of carbonyl (C=O) groups excluding carboxylic acids is 1. The van der Waals surface area contributed by atoms with Crippen LogP contribution in [0.5, 0.6) is 0 Å². The van der Waals surface area contributed by atoms with Gasteiger partial charge in [0, 0.05) is 12.7 Å². The summed E-state index contributed by atoms with van der Waals surface area (Å²) < 4.78 is 13.9. The lowest BCUT2D eigenvalue weighted by atomic mass is 10.2. The van der Waals surface area contributed by atoms with Crippen LogP contribution in [0.25, 0.3) is 0 Å². The molecule has 0 saturated heterocycles. The molecule has 1 heterocycles. The summed E-state index contributed by atoms with van der Waals surface area (Å²) in [5, 5.41) is 17.5. The van der Waals surface area contributed by atoms with Gasteiger partial charge in [-0.15, -0.1) is 0 Å². The number of anilines is 1. The molecule has 0 aliphatic rings. The zero-order valence-electron chi connectivity index (χ0n) is 10.9. The molecule has 1 aromatic carbocycles. The van der Waals surface area contributed by atoms with Gasteiger partial charge >= 0.3 is 12.0 Å². The topological polar surface area (TPSA) is 96.2 Å². The number of benzene rings is 1.